The number of hydrogen-bond donors (Lipinski definition) is 1. The van der Waals surface area contributed by atoms with Gasteiger partial charge in [-0.1, -0.05) is 0 Å². The molecule has 0 spiro atoms. The smallest absolute Gasteiger partial charge is 0.410 e. The van der Waals surface area contributed by atoms with Crippen LogP contribution in [0, 0.1) is 0 Å². The molecule has 1 atom stereocenters. The summed E-state index contributed by atoms with van der Waals surface area (Å²) in [6, 6.07) is 0. The molecule has 1 aliphatic heterocycles. The standard InChI is InChI=1S/C15H25NO5/c1-14(2,3)21-13(19)16-9-4-6-11(10-16)20-15(12(17)18)7-5-8-15/h11H,4-10H2,1-3H3,(H,17,18). The van der Waals surface area contributed by atoms with Crippen LogP contribution in [-0.2, 0) is 14.3 Å². The van der Waals surface area contributed by atoms with Crippen molar-refractivity contribution in [2.45, 2.75) is 70.2 Å². The summed E-state index contributed by atoms with van der Waals surface area (Å²) in [6.45, 7) is 6.53. The highest BCUT2D eigenvalue weighted by Gasteiger charge is 2.48. The van der Waals surface area contributed by atoms with Gasteiger partial charge in [-0.2, -0.15) is 0 Å². The number of amides is 1. The Bertz CT molecular complexity index is 411. The Morgan fingerprint density at radius 3 is 2.38 bits per heavy atom. The Morgan fingerprint density at radius 2 is 1.90 bits per heavy atom. The number of ether oxygens (including phenoxy) is 2. The molecule has 0 radical (unpaired) electrons. The van der Waals surface area contributed by atoms with Gasteiger partial charge >= 0.3 is 12.1 Å². The van der Waals surface area contributed by atoms with Gasteiger partial charge in [0.05, 0.1) is 12.6 Å². The van der Waals surface area contributed by atoms with E-state index in [1.165, 1.54) is 0 Å². The van der Waals surface area contributed by atoms with Crippen LogP contribution in [0.2, 0.25) is 0 Å². The van der Waals surface area contributed by atoms with E-state index in [2.05, 4.69) is 0 Å². The summed E-state index contributed by atoms with van der Waals surface area (Å²) < 4.78 is 11.2. The second kappa shape index (κ2) is 5.83. The molecule has 21 heavy (non-hydrogen) atoms. The van der Waals surface area contributed by atoms with Crippen molar-refractivity contribution in [3.8, 4) is 0 Å². The third-order valence-corrected chi connectivity index (χ3v) is 3.97. The molecule has 1 N–H and O–H groups in total. The number of aliphatic carboxylic acids is 1. The largest absolute Gasteiger partial charge is 0.479 e. The number of carbonyl (C=O) groups excluding carboxylic acids is 1. The zero-order valence-electron chi connectivity index (χ0n) is 13.1. The number of piperidine rings is 1. The summed E-state index contributed by atoms with van der Waals surface area (Å²) in [4.78, 5) is 25.0. The summed E-state index contributed by atoms with van der Waals surface area (Å²) in [5.41, 5.74) is -1.55. The first-order chi connectivity index (χ1) is 9.72. The number of likely N-dealkylation sites (tertiary alicyclic amines) is 1. The van der Waals surface area contributed by atoms with E-state index < -0.39 is 17.2 Å². The Kier molecular flexibility index (Phi) is 4.46. The summed E-state index contributed by atoms with van der Waals surface area (Å²) >= 11 is 0. The predicted octanol–water partition coefficient (Wildman–Crippen LogP) is 2.41. The SMILES string of the molecule is CC(C)(C)OC(=O)N1CCCC(OC2(C(=O)O)CCC2)C1. The van der Waals surface area contributed by atoms with Gasteiger partial charge in [-0.25, -0.2) is 9.59 Å². The molecule has 2 rings (SSSR count). The first-order valence-electron chi connectivity index (χ1n) is 7.61. The van der Waals surface area contributed by atoms with Crippen LogP contribution in [0.3, 0.4) is 0 Å². The highest BCUT2D eigenvalue weighted by molar-refractivity contribution is 5.78. The molecule has 2 fully saturated rings. The van der Waals surface area contributed by atoms with Gasteiger partial charge in [-0.3, -0.25) is 0 Å². The van der Waals surface area contributed by atoms with E-state index in [1.54, 1.807) is 4.90 Å². The lowest BCUT2D eigenvalue weighted by Crippen LogP contribution is -2.54. The van der Waals surface area contributed by atoms with E-state index in [4.69, 9.17) is 9.47 Å². The van der Waals surface area contributed by atoms with Gasteiger partial charge in [0.25, 0.3) is 0 Å². The molecule has 6 heteroatoms. The van der Waals surface area contributed by atoms with E-state index >= 15 is 0 Å². The monoisotopic (exact) mass is 299 g/mol. The zero-order valence-corrected chi connectivity index (χ0v) is 13.1. The van der Waals surface area contributed by atoms with Crippen molar-refractivity contribution in [2.24, 2.45) is 0 Å². The Balaban J connectivity index is 1.92. The molecule has 0 aromatic rings. The lowest BCUT2D eigenvalue weighted by molar-refractivity contribution is -0.193. The van der Waals surface area contributed by atoms with Crippen molar-refractivity contribution < 1.29 is 24.2 Å². The predicted molar refractivity (Wildman–Crippen MR) is 76.1 cm³/mol. The van der Waals surface area contributed by atoms with Crippen LogP contribution >= 0.6 is 0 Å². The van der Waals surface area contributed by atoms with E-state index in [-0.39, 0.29) is 12.2 Å². The fraction of sp³-hybridized carbons (Fsp3) is 0.867. The molecule has 1 unspecified atom stereocenters. The minimum absolute atomic E-state index is 0.220. The van der Waals surface area contributed by atoms with Crippen molar-refractivity contribution >= 4 is 12.1 Å². The van der Waals surface area contributed by atoms with E-state index in [0.29, 0.717) is 25.9 Å². The number of carboxylic acids is 1. The quantitative estimate of drug-likeness (QED) is 0.866. The maximum Gasteiger partial charge on any atom is 0.410 e. The van der Waals surface area contributed by atoms with Crippen molar-refractivity contribution in [2.75, 3.05) is 13.1 Å². The number of carboxylic acid groups (broad SMARTS) is 1. The van der Waals surface area contributed by atoms with Gasteiger partial charge in [-0.15, -0.1) is 0 Å². The maximum absolute atomic E-state index is 12.1. The van der Waals surface area contributed by atoms with Crippen molar-refractivity contribution in [3.05, 3.63) is 0 Å². The van der Waals surface area contributed by atoms with Gasteiger partial charge in [-0.05, 0) is 52.9 Å². The highest BCUT2D eigenvalue weighted by atomic mass is 16.6. The minimum atomic E-state index is -1.03. The lowest BCUT2D eigenvalue weighted by atomic mass is 9.79. The summed E-state index contributed by atoms with van der Waals surface area (Å²) in [5.74, 6) is -0.886. The second-order valence-corrected chi connectivity index (χ2v) is 6.96. The van der Waals surface area contributed by atoms with Crippen LogP contribution in [0.15, 0.2) is 0 Å². The lowest BCUT2D eigenvalue weighted by Gasteiger charge is -2.43. The van der Waals surface area contributed by atoms with Gasteiger partial charge < -0.3 is 19.5 Å². The number of hydrogen-bond acceptors (Lipinski definition) is 4. The van der Waals surface area contributed by atoms with Crippen LogP contribution in [0.25, 0.3) is 0 Å². The van der Waals surface area contributed by atoms with Crippen molar-refractivity contribution in [3.63, 3.8) is 0 Å². The highest BCUT2D eigenvalue weighted by Crippen LogP contribution is 2.38. The fourth-order valence-electron chi connectivity index (χ4n) is 2.73. The van der Waals surface area contributed by atoms with Crippen LogP contribution in [0.5, 0.6) is 0 Å². The van der Waals surface area contributed by atoms with E-state index in [0.717, 1.165) is 19.3 Å². The van der Waals surface area contributed by atoms with Gasteiger partial charge in [0.15, 0.2) is 5.60 Å². The summed E-state index contributed by atoms with van der Waals surface area (Å²) in [5, 5.41) is 9.31. The average Bonchev–Trinajstić information content (AvgIpc) is 2.31. The molecule has 1 saturated heterocycles. The van der Waals surface area contributed by atoms with Gasteiger partial charge in [0, 0.05) is 6.54 Å². The second-order valence-electron chi connectivity index (χ2n) is 6.96. The molecule has 2 aliphatic rings. The molecule has 6 nitrogen and oxygen atoms in total. The number of carbonyl (C=O) groups is 2. The van der Waals surface area contributed by atoms with Crippen molar-refractivity contribution in [1.29, 1.82) is 0 Å². The number of rotatable bonds is 3. The third kappa shape index (κ3) is 3.87. The molecule has 0 bridgehead atoms. The van der Waals surface area contributed by atoms with Crippen LogP contribution in [0.4, 0.5) is 4.79 Å². The van der Waals surface area contributed by atoms with Crippen LogP contribution < -0.4 is 0 Å². The Hall–Kier alpha value is -1.30. The van der Waals surface area contributed by atoms with Gasteiger partial charge in [0.2, 0.25) is 0 Å². The summed E-state index contributed by atoms with van der Waals surface area (Å²) in [6.07, 6.45) is 3.02. The molecule has 120 valence electrons. The molecule has 0 aromatic carbocycles. The summed E-state index contributed by atoms with van der Waals surface area (Å²) in [7, 11) is 0. The first kappa shape index (κ1) is 16.1. The van der Waals surface area contributed by atoms with Crippen LogP contribution in [-0.4, -0.2) is 52.5 Å². The first-order valence-corrected chi connectivity index (χ1v) is 7.61. The normalized spacial score (nSPS) is 25.1. The molecule has 0 aromatic heterocycles. The molecule has 1 aliphatic carbocycles. The molecule has 1 amide bonds. The molecule has 1 heterocycles. The topological polar surface area (TPSA) is 76.1 Å². The molecular weight excluding hydrogens is 274 g/mol. The van der Waals surface area contributed by atoms with Crippen LogP contribution in [0.1, 0.15) is 52.9 Å². The van der Waals surface area contributed by atoms with Crippen molar-refractivity contribution in [1.82, 2.24) is 4.90 Å². The minimum Gasteiger partial charge on any atom is -0.479 e. The van der Waals surface area contributed by atoms with Gasteiger partial charge in [0.1, 0.15) is 5.60 Å². The Labute approximate surface area is 125 Å². The maximum atomic E-state index is 12.1. The molecule has 1 saturated carbocycles. The Morgan fingerprint density at radius 1 is 1.24 bits per heavy atom. The average molecular weight is 299 g/mol. The van der Waals surface area contributed by atoms with E-state index in [1.807, 2.05) is 20.8 Å². The third-order valence-electron chi connectivity index (χ3n) is 3.97. The fourth-order valence-corrected chi connectivity index (χ4v) is 2.73. The number of nitrogens with zero attached hydrogens (tertiary/aromatic N) is 1. The zero-order chi connectivity index (χ0) is 15.7. The molecular formula is C15H25NO5. The van der Waals surface area contributed by atoms with E-state index in [9.17, 15) is 14.7 Å².